The van der Waals surface area contributed by atoms with Gasteiger partial charge in [0.2, 0.25) is 0 Å². The molecule has 0 saturated heterocycles. The Morgan fingerprint density at radius 2 is 1.80 bits per heavy atom. The van der Waals surface area contributed by atoms with Gasteiger partial charge in [0.15, 0.2) is 0 Å². The molecule has 3 rings (SSSR count). The molecule has 2 heterocycles. The third kappa shape index (κ3) is 3.87. The van der Waals surface area contributed by atoms with E-state index < -0.39 is 17.5 Å². The number of hydrogen-bond donors (Lipinski definition) is 0. The number of thiophene rings is 1. The third-order valence-corrected chi connectivity index (χ3v) is 6.03. The molecule has 8 heteroatoms. The van der Waals surface area contributed by atoms with Crippen molar-refractivity contribution in [2.24, 2.45) is 0 Å². The van der Waals surface area contributed by atoms with Crippen molar-refractivity contribution in [1.82, 2.24) is 9.55 Å². The highest BCUT2D eigenvalue weighted by atomic mass is 32.1. The summed E-state index contributed by atoms with van der Waals surface area (Å²) in [6.07, 6.45) is 0. The van der Waals surface area contributed by atoms with Crippen molar-refractivity contribution in [2.45, 2.75) is 46.8 Å². The van der Waals surface area contributed by atoms with Crippen molar-refractivity contribution >= 4 is 33.5 Å². The van der Waals surface area contributed by atoms with Gasteiger partial charge in [0.1, 0.15) is 27.7 Å². The number of esters is 2. The number of hydrogen-bond acceptors (Lipinski definition) is 7. The lowest BCUT2D eigenvalue weighted by molar-refractivity contribution is -0.152. The molecule has 0 aliphatic carbocycles. The molecule has 7 nitrogen and oxygen atoms in total. The van der Waals surface area contributed by atoms with Crippen molar-refractivity contribution in [3.05, 3.63) is 62.5 Å². The Labute approximate surface area is 178 Å². The predicted octanol–water partition coefficient (Wildman–Crippen LogP) is 3.73. The minimum atomic E-state index is -1.24. The molecule has 0 aliphatic heterocycles. The van der Waals surface area contributed by atoms with Gasteiger partial charge < -0.3 is 9.47 Å². The van der Waals surface area contributed by atoms with E-state index in [2.05, 4.69) is 4.98 Å². The summed E-state index contributed by atoms with van der Waals surface area (Å²) < 4.78 is 11.9. The van der Waals surface area contributed by atoms with Crippen LogP contribution in [0.5, 0.6) is 0 Å². The Morgan fingerprint density at radius 3 is 2.43 bits per heavy atom. The molecule has 2 aromatic heterocycles. The fourth-order valence-corrected chi connectivity index (χ4v) is 4.44. The van der Waals surface area contributed by atoms with Crippen LogP contribution in [0.4, 0.5) is 0 Å². The summed E-state index contributed by atoms with van der Waals surface area (Å²) in [6.45, 7) is 8.64. The highest BCUT2D eigenvalue weighted by Crippen LogP contribution is 2.29. The number of nitrogens with zero attached hydrogens (tertiary/aromatic N) is 2. The second kappa shape index (κ2) is 8.39. The standard InChI is InChI=1S/C22H24N2O5S/c1-6-28-21(27)22(4,5)24-14(3)23-18-16(19(24)25)13(2)17(30-18)20(26)29-12-15-10-8-7-9-11-15/h7-11H,6,12H2,1-5H3. The van der Waals surface area contributed by atoms with Gasteiger partial charge in [-0.3, -0.25) is 9.36 Å². The highest BCUT2D eigenvalue weighted by Gasteiger charge is 2.35. The fourth-order valence-electron chi connectivity index (χ4n) is 3.33. The van der Waals surface area contributed by atoms with Crippen molar-refractivity contribution in [2.75, 3.05) is 6.61 Å². The smallest absolute Gasteiger partial charge is 0.349 e. The first-order chi connectivity index (χ1) is 14.2. The molecule has 0 spiro atoms. The van der Waals surface area contributed by atoms with Gasteiger partial charge in [0.05, 0.1) is 12.0 Å². The van der Waals surface area contributed by atoms with Crippen LogP contribution >= 0.6 is 11.3 Å². The van der Waals surface area contributed by atoms with Crippen LogP contribution in [0.2, 0.25) is 0 Å². The van der Waals surface area contributed by atoms with Crippen molar-refractivity contribution < 1.29 is 19.1 Å². The Balaban J connectivity index is 2.02. The first-order valence-corrected chi connectivity index (χ1v) is 10.4. The SMILES string of the molecule is CCOC(=O)C(C)(C)n1c(C)nc2sc(C(=O)OCc3ccccc3)c(C)c2c1=O. The first kappa shape index (κ1) is 21.7. The zero-order valence-corrected chi connectivity index (χ0v) is 18.5. The molecule has 0 bridgehead atoms. The Hall–Kier alpha value is -3.00. The number of carbonyl (C=O) groups is 2. The number of benzene rings is 1. The average molecular weight is 429 g/mol. The van der Waals surface area contributed by atoms with Crippen LogP contribution in [0.3, 0.4) is 0 Å². The second-order valence-electron chi connectivity index (χ2n) is 7.38. The van der Waals surface area contributed by atoms with E-state index in [1.165, 1.54) is 4.57 Å². The second-order valence-corrected chi connectivity index (χ2v) is 8.38. The normalized spacial score (nSPS) is 11.5. The Morgan fingerprint density at radius 1 is 1.13 bits per heavy atom. The number of ether oxygens (including phenoxy) is 2. The van der Waals surface area contributed by atoms with Gasteiger partial charge >= 0.3 is 11.9 Å². The zero-order chi connectivity index (χ0) is 22.1. The number of aromatic nitrogens is 2. The van der Waals surface area contributed by atoms with Crippen molar-refractivity contribution in [3.8, 4) is 0 Å². The number of rotatable bonds is 6. The summed E-state index contributed by atoms with van der Waals surface area (Å²) in [5.41, 5.74) is -0.247. The summed E-state index contributed by atoms with van der Waals surface area (Å²) >= 11 is 1.12. The topological polar surface area (TPSA) is 87.5 Å². The summed E-state index contributed by atoms with van der Waals surface area (Å²) in [4.78, 5) is 43.7. The van der Waals surface area contributed by atoms with Crippen LogP contribution in [0.15, 0.2) is 35.1 Å². The molecule has 0 N–H and O–H groups in total. The first-order valence-electron chi connectivity index (χ1n) is 9.60. The fraction of sp³-hybridized carbons (Fsp3) is 0.364. The minimum absolute atomic E-state index is 0.139. The van der Waals surface area contributed by atoms with E-state index in [0.717, 1.165) is 16.9 Å². The van der Waals surface area contributed by atoms with Gasteiger partial charge in [0, 0.05) is 0 Å². The van der Waals surface area contributed by atoms with Gasteiger partial charge in [-0.05, 0) is 45.7 Å². The van der Waals surface area contributed by atoms with Gasteiger partial charge in [-0.15, -0.1) is 11.3 Å². The van der Waals surface area contributed by atoms with Crippen LogP contribution in [0.25, 0.3) is 10.2 Å². The summed E-state index contributed by atoms with van der Waals surface area (Å²) in [5.74, 6) is -0.657. The number of carbonyl (C=O) groups excluding carboxylic acids is 2. The maximum absolute atomic E-state index is 13.3. The molecule has 0 amide bonds. The van der Waals surface area contributed by atoms with Gasteiger partial charge in [-0.25, -0.2) is 14.6 Å². The molecule has 0 atom stereocenters. The molecule has 3 aromatic rings. The monoisotopic (exact) mass is 428 g/mol. The molecule has 0 saturated carbocycles. The Bertz CT molecular complexity index is 1160. The van der Waals surface area contributed by atoms with Gasteiger partial charge in [0.25, 0.3) is 5.56 Å². The summed E-state index contributed by atoms with van der Waals surface area (Å²) in [5, 5.41) is 0.314. The largest absolute Gasteiger partial charge is 0.464 e. The Kier molecular flexibility index (Phi) is 6.07. The quantitative estimate of drug-likeness (QED) is 0.556. The van der Waals surface area contributed by atoms with E-state index in [-0.39, 0.29) is 18.8 Å². The molecular formula is C22H24N2O5S. The molecule has 158 valence electrons. The summed E-state index contributed by atoms with van der Waals surface area (Å²) in [7, 11) is 0. The minimum Gasteiger partial charge on any atom is -0.464 e. The molecule has 30 heavy (non-hydrogen) atoms. The van der Waals surface area contributed by atoms with Crippen LogP contribution < -0.4 is 5.56 Å². The van der Waals surface area contributed by atoms with Crippen LogP contribution in [0, 0.1) is 13.8 Å². The maximum Gasteiger partial charge on any atom is 0.349 e. The van der Waals surface area contributed by atoms with Crippen LogP contribution in [0.1, 0.15) is 47.4 Å². The van der Waals surface area contributed by atoms with E-state index in [0.29, 0.717) is 26.5 Å². The average Bonchev–Trinajstić information content (AvgIpc) is 3.03. The zero-order valence-electron chi connectivity index (χ0n) is 17.6. The van der Waals surface area contributed by atoms with Crippen LogP contribution in [-0.2, 0) is 26.4 Å². The maximum atomic E-state index is 13.3. The van der Waals surface area contributed by atoms with Crippen molar-refractivity contribution in [3.63, 3.8) is 0 Å². The number of aryl methyl sites for hydroxylation is 2. The molecule has 0 radical (unpaired) electrons. The van der Waals surface area contributed by atoms with E-state index in [4.69, 9.17) is 9.47 Å². The van der Waals surface area contributed by atoms with E-state index in [1.807, 2.05) is 30.3 Å². The van der Waals surface area contributed by atoms with E-state index in [1.54, 1.807) is 34.6 Å². The molecular weight excluding hydrogens is 404 g/mol. The lowest BCUT2D eigenvalue weighted by Crippen LogP contribution is -2.45. The molecule has 0 fully saturated rings. The number of fused-ring (bicyclic) bond motifs is 1. The predicted molar refractivity (Wildman–Crippen MR) is 115 cm³/mol. The summed E-state index contributed by atoms with van der Waals surface area (Å²) in [6, 6.07) is 9.36. The molecule has 0 aliphatic rings. The van der Waals surface area contributed by atoms with Crippen molar-refractivity contribution in [1.29, 1.82) is 0 Å². The van der Waals surface area contributed by atoms with Gasteiger partial charge in [-0.2, -0.15) is 0 Å². The van der Waals surface area contributed by atoms with E-state index in [9.17, 15) is 14.4 Å². The highest BCUT2D eigenvalue weighted by molar-refractivity contribution is 7.20. The van der Waals surface area contributed by atoms with E-state index >= 15 is 0 Å². The van der Waals surface area contributed by atoms with Gasteiger partial charge in [-0.1, -0.05) is 30.3 Å². The molecule has 0 unspecified atom stereocenters. The third-order valence-electron chi connectivity index (χ3n) is 4.86. The lowest BCUT2D eigenvalue weighted by atomic mass is 10.0. The lowest BCUT2D eigenvalue weighted by Gasteiger charge is -2.26. The molecule has 1 aromatic carbocycles. The van der Waals surface area contributed by atoms with Crippen LogP contribution in [-0.4, -0.2) is 28.1 Å².